The molecule has 0 saturated carbocycles. The molecule has 3 nitrogen and oxygen atoms in total. The van der Waals surface area contributed by atoms with Crippen LogP contribution in [0.5, 0.6) is 0 Å². The summed E-state index contributed by atoms with van der Waals surface area (Å²) in [7, 11) is 0. The Hall–Kier alpha value is -0.780. The summed E-state index contributed by atoms with van der Waals surface area (Å²) < 4.78 is 0. The van der Waals surface area contributed by atoms with E-state index in [1.807, 2.05) is 10.8 Å². The first-order chi connectivity index (χ1) is 7.69. The molecule has 16 heavy (non-hydrogen) atoms. The fraction of sp³-hybridized carbons (Fsp3) is 0.455. The second-order valence-electron chi connectivity index (χ2n) is 3.74. The van der Waals surface area contributed by atoms with E-state index >= 15 is 0 Å². The molecule has 2 heterocycles. The lowest BCUT2D eigenvalue weighted by Gasteiger charge is -2.23. The van der Waals surface area contributed by atoms with Crippen LogP contribution in [0.3, 0.4) is 0 Å². The number of aromatic nitrogens is 2. The van der Waals surface area contributed by atoms with Crippen LogP contribution in [0, 0.1) is 0 Å². The Kier molecular flexibility index (Phi) is 3.37. The summed E-state index contributed by atoms with van der Waals surface area (Å²) in [6.45, 7) is 4.21. The molecule has 0 radical (unpaired) electrons. The van der Waals surface area contributed by atoms with Crippen molar-refractivity contribution < 1.29 is 0 Å². The highest BCUT2D eigenvalue weighted by atomic mass is 32.1. The van der Waals surface area contributed by atoms with Crippen LogP contribution in [0.15, 0.2) is 17.0 Å². The molecule has 2 aromatic heterocycles. The predicted octanol–water partition coefficient (Wildman–Crippen LogP) is 3.24. The van der Waals surface area contributed by atoms with Gasteiger partial charge in [0.1, 0.15) is 15.7 Å². The first kappa shape index (κ1) is 11.7. The number of thiazole rings is 2. The number of rotatable bonds is 4. The molecule has 2 aromatic rings. The zero-order valence-electron chi connectivity index (χ0n) is 9.43. The Balaban J connectivity index is 2.33. The molecule has 0 aromatic carbocycles. The fourth-order valence-electron chi connectivity index (χ4n) is 1.50. The number of nitrogens with two attached hydrogens (primary N) is 1. The van der Waals surface area contributed by atoms with Gasteiger partial charge in [-0.3, -0.25) is 0 Å². The summed E-state index contributed by atoms with van der Waals surface area (Å²) in [6, 6.07) is 0. The largest absolute Gasteiger partial charge is 0.319 e. The standard InChI is InChI=1S/C11H15N3S2/c1-3-11(12,4-2)10-14-8(7-16-10)9-13-5-6-15-9/h5-7H,3-4,12H2,1-2H3. The van der Waals surface area contributed by atoms with Gasteiger partial charge in [-0.2, -0.15) is 0 Å². The third kappa shape index (κ3) is 2.03. The minimum Gasteiger partial charge on any atom is -0.319 e. The molecule has 0 spiro atoms. The molecule has 0 amide bonds. The summed E-state index contributed by atoms with van der Waals surface area (Å²) in [5.74, 6) is 0. The molecule has 0 fully saturated rings. The molecule has 2 N–H and O–H groups in total. The van der Waals surface area contributed by atoms with Crippen LogP contribution in [-0.4, -0.2) is 9.97 Å². The number of hydrogen-bond acceptors (Lipinski definition) is 5. The van der Waals surface area contributed by atoms with Gasteiger partial charge < -0.3 is 5.73 Å². The first-order valence-electron chi connectivity index (χ1n) is 5.34. The van der Waals surface area contributed by atoms with Crippen molar-refractivity contribution in [3.63, 3.8) is 0 Å². The van der Waals surface area contributed by atoms with E-state index in [-0.39, 0.29) is 5.54 Å². The van der Waals surface area contributed by atoms with E-state index < -0.39 is 0 Å². The van der Waals surface area contributed by atoms with Crippen molar-refractivity contribution in [2.75, 3.05) is 0 Å². The fourth-order valence-corrected chi connectivity index (χ4v) is 3.24. The quantitative estimate of drug-likeness (QED) is 0.910. The van der Waals surface area contributed by atoms with E-state index in [4.69, 9.17) is 5.73 Å². The SMILES string of the molecule is CCC(N)(CC)c1nc(-c2nccs2)cs1. The van der Waals surface area contributed by atoms with Gasteiger partial charge in [-0.25, -0.2) is 9.97 Å². The molecule has 86 valence electrons. The maximum atomic E-state index is 6.32. The Morgan fingerprint density at radius 2 is 2.06 bits per heavy atom. The van der Waals surface area contributed by atoms with Crippen LogP contribution in [0.25, 0.3) is 10.7 Å². The van der Waals surface area contributed by atoms with Gasteiger partial charge in [0.25, 0.3) is 0 Å². The van der Waals surface area contributed by atoms with Gasteiger partial charge in [-0.1, -0.05) is 13.8 Å². The van der Waals surface area contributed by atoms with E-state index in [9.17, 15) is 0 Å². The average Bonchev–Trinajstić information content (AvgIpc) is 2.97. The third-order valence-corrected chi connectivity index (χ3v) is 4.70. The highest BCUT2D eigenvalue weighted by Gasteiger charge is 2.26. The zero-order chi connectivity index (χ0) is 11.6. The number of hydrogen-bond donors (Lipinski definition) is 1. The molecule has 0 bridgehead atoms. The normalized spacial score (nSPS) is 11.9. The molecule has 0 aliphatic heterocycles. The lowest BCUT2D eigenvalue weighted by Crippen LogP contribution is -2.34. The first-order valence-corrected chi connectivity index (χ1v) is 7.10. The highest BCUT2D eigenvalue weighted by Crippen LogP contribution is 2.32. The van der Waals surface area contributed by atoms with Gasteiger partial charge in [0.2, 0.25) is 0 Å². The molecule has 0 aliphatic rings. The van der Waals surface area contributed by atoms with E-state index in [2.05, 4.69) is 23.8 Å². The Morgan fingerprint density at radius 1 is 1.31 bits per heavy atom. The Morgan fingerprint density at radius 3 is 2.62 bits per heavy atom. The van der Waals surface area contributed by atoms with Gasteiger partial charge in [0.05, 0.1) is 5.54 Å². The minimum atomic E-state index is -0.278. The molecule has 0 atom stereocenters. The molecular weight excluding hydrogens is 238 g/mol. The van der Waals surface area contributed by atoms with Crippen molar-refractivity contribution in [3.8, 4) is 10.7 Å². The van der Waals surface area contributed by atoms with Gasteiger partial charge in [0.15, 0.2) is 0 Å². The summed E-state index contributed by atoms with van der Waals surface area (Å²) in [5, 5.41) is 5.99. The second kappa shape index (κ2) is 4.61. The van der Waals surface area contributed by atoms with Crippen molar-refractivity contribution in [2.45, 2.75) is 32.2 Å². The molecular formula is C11H15N3S2. The van der Waals surface area contributed by atoms with Gasteiger partial charge in [0, 0.05) is 17.0 Å². The van der Waals surface area contributed by atoms with Gasteiger partial charge in [-0.15, -0.1) is 22.7 Å². The van der Waals surface area contributed by atoms with Crippen LogP contribution >= 0.6 is 22.7 Å². The maximum absolute atomic E-state index is 6.32. The average molecular weight is 253 g/mol. The lowest BCUT2D eigenvalue weighted by molar-refractivity contribution is 0.411. The summed E-state index contributed by atoms with van der Waals surface area (Å²) in [4.78, 5) is 8.86. The summed E-state index contributed by atoms with van der Waals surface area (Å²) in [6.07, 6.45) is 3.62. The van der Waals surface area contributed by atoms with Crippen LogP contribution < -0.4 is 5.73 Å². The summed E-state index contributed by atoms with van der Waals surface area (Å²) >= 11 is 3.24. The van der Waals surface area contributed by atoms with Gasteiger partial charge >= 0.3 is 0 Å². The van der Waals surface area contributed by atoms with Crippen molar-refractivity contribution in [1.82, 2.24) is 9.97 Å². The van der Waals surface area contributed by atoms with Crippen LogP contribution in [0.4, 0.5) is 0 Å². The molecule has 0 aliphatic carbocycles. The highest BCUT2D eigenvalue weighted by molar-refractivity contribution is 7.14. The van der Waals surface area contributed by atoms with Crippen molar-refractivity contribution >= 4 is 22.7 Å². The van der Waals surface area contributed by atoms with E-state index in [1.165, 1.54) is 0 Å². The third-order valence-electron chi connectivity index (χ3n) is 2.84. The zero-order valence-corrected chi connectivity index (χ0v) is 11.1. The minimum absolute atomic E-state index is 0.278. The Bertz CT molecular complexity index is 444. The van der Waals surface area contributed by atoms with Crippen LogP contribution in [-0.2, 0) is 5.54 Å². The van der Waals surface area contributed by atoms with Crippen molar-refractivity contribution in [2.24, 2.45) is 5.73 Å². The van der Waals surface area contributed by atoms with Crippen molar-refractivity contribution in [1.29, 1.82) is 0 Å². The molecule has 0 unspecified atom stereocenters. The lowest BCUT2D eigenvalue weighted by atomic mass is 9.95. The topological polar surface area (TPSA) is 51.8 Å². The van der Waals surface area contributed by atoms with Crippen molar-refractivity contribution in [3.05, 3.63) is 22.0 Å². The molecule has 2 rings (SSSR count). The monoisotopic (exact) mass is 253 g/mol. The van der Waals surface area contributed by atoms with E-state index in [1.54, 1.807) is 28.9 Å². The predicted molar refractivity (Wildman–Crippen MR) is 69.7 cm³/mol. The van der Waals surface area contributed by atoms with E-state index in [0.717, 1.165) is 28.6 Å². The smallest absolute Gasteiger partial charge is 0.142 e. The second-order valence-corrected chi connectivity index (χ2v) is 5.49. The number of nitrogens with zero attached hydrogens (tertiary/aromatic N) is 2. The van der Waals surface area contributed by atoms with Crippen LogP contribution in [0.2, 0.25) is 0 Å². The Labute approximate surface area is 103 Å². The van der Waals surface area contributed by atoms with E-state index in [0.29, 0.717) is 0 Å². The van der Waals surface area contributed by atoms with Crippen LogP contribution in [0.1, 0.15) is 31.7 Å². The van der Waals surface area contributed by atoms with Gasteiger partial charge in [-0.05, 0) is 12.8 Å². The molecule has 0 saturated heterocycles. The summed E-state index contributed by atoms with van der Waals surface area (Å²) in [5.41, 5.74) is 6.99. The molecule has 5 heteroatoms. The maximum Gasteiger partial charge on any atom is 0.142 e.